The Labute approximate surface area is 312 Å². The van der Waals surface area contributed by atoms with Crippen LogP contribution in [-0.4, -0.2) is 56.5 Å². The number of hydrogen-bond donors (Lipinski definition) is 3. The van der Waals surface area contributed by atoms with Crippen molar-refractivity contribution >= 4 is 76.7 Å². The number of halogens is 3. The van der Waals surface area contributed by atoms with Crippen molar-refractivity contribution in [1.29, 1.82) is 0 Å². The molecule has 2 aliphatic heterocycles. The molecule has 2 atom stereocenters. The van der Waals surface area contributed by atoms with E-state index in [0.29, 0.717) is 33.9 Å². The lowest BCUT2D eigenvalue weighted by atomic mass is 9.80. The number of nitro groups is 2. The summed E-state index contributed by atoms with van der Waals surface area (Å²) in [4.78, 5) is 69.0. The van der Waals surface area contributed by atoms with Gasteiger partial charge in [0.15, 0.2) is 0 Å². The number of nitrogens with zero attached hydrogens (tertiary/aromatic N) is 2. The van der Waals surface area contributed by atoms with Crippen molar-refractivity contribution < 1.29 is 47.8 Å². The van der Waals surface area contributed by atoms with Crippen LogP contribution in [-0.2, 0) is 37.9 Å². The van der Waals surface area contributed by atoms with Gasteiger partial charge in [0.2, 0.25) is 9.23 Å². The zero-order valence-electron chi connectivity index (χ0n) is 28.1. The van der Waals surface area contributed by atoms with Gasteiger partial charge < -0.3 is 25.2 Å². The first kappa shape index (κ1) is 43.1. The lowest BCUT2D eigenvalue weighted by Crippen LogP contribution is -2.31. The van der Waals surface area contributed by atoms with Gasteiger partial charge in [-0.3, -0.25) is 25.0 Å². The van der Waals surface area contributed by atoms with Crippen molar-refractivity contribution in [3.05, 3.63) is 125 Å². The minimum absolute atomic E-state index is 0.0542. The third kappa shape index (κ3) is 10.5. The smallest absolute Gasteiger partial charge is 0.336 e. The van der Waals surface area contributed by atoms with Gasteiger partial charge in [-0.2, -0.15) is 0 Å². The molecular formula is C32H31Cl3N4O12S. The molecule has 0 saturated heterocycles. The van der Waals surface area contributed by atoms with E-state index in [0.717, 1.165) is 0 Å². The van der Waals surface area contributed by atoms with Gasteiger partial charge in [0.1, 0.15) is 0 Å². The average Bonchev–Trinajstić information content (AvgIpc) is 3.06. The summed E-state index contributed by atoms with van der Waals surface area (Å²) in [5.41, 5.74) is 2.61. The van der Waals surface area contributed by atoms with Gasteiger partial charge in [-0.1, -0.05) is 24.3 Å². The summed E-state index contributed by atoms with van der Waals surface area (Å²) < 4.78 is 18.7. The zero-order chi connectivity index (χ0) is 39.6. The highest BCUT2D eigenvalue weighted by atomic mass is 36.0. The summed E-state index contributed by atoms with van der Waals surface area (Å²) in [5, 5.41) is 36.7. The number of esters is 2. The van der Waals surface area contributed by atoms with Crippen LogP contribution in [0.2, 0.25) is 0 Å². The topological polar surface area (TPSA) is 234 Å². The zero-order valence-corrected chi connectivity index (χ0v) is 31.2. The summed E-state index contributed by atoms with van der Waals surface area (Å²) in [7, 11) is 9.77. The standard InChI is InChI=1S/C16H15ClN2O5.C16H16N2O6.Cl2OS/c1-8-12(15(17)20)14(13(9(2)18-8)16(21)24-3)10-5-4-6-11(7-10)19(22)23;1-8-12(15(19)20)14(13(9(2)17-8)16(21)24-3)10-5-4-6-11(7-10)18(22)23;1-4(2)3/h4-7,14,18H,1-3H3;4-7,14,17H,1-3H3,(H,19,20);/t2*14-;/m00./s1. The van der Waals surface area contributed by atoms with E-state index < -0.39 is 54.1 Å². The molecular weight excluding hydrogens is 771 g/mol. The molecule has 2 aliphatic rings. The van der Waals surface area contributed by atoms with Crippen LogP contribution in [0.3, 0.4) is 0 Å². The number of ether oxygens (including phenoxy) is 2. The van der Waals surface area contributed by atoms with E-state index in [1.54, 1.807) is 39.8 Å². The van der Waals surface area contributed by atoms with E-state index in [9.17, 15) is 44.5 Å². The van der Waals surface area contributed by atoms with Gasteiger partial charge in [-0.05, 0) is 50.4 Å². The van der Waals surface area contributed by atoms with E-state index in [-0.39, 0.29) is 33.7 Å². The normalized spacial score (nSPS) is 16.7. The Kier molecular flexibility index (Phi) is 15.7. The molecule has 2 aromatic rings. The van der Waals surface area contributed by atoms with Gasteiger partial charge in [0.25, 0.3) is 16.6 Å². The second kappa shape index (κ2) is 18.9. The summed E-state index contributed by atoms with van der Waals surface area (Å²) in [5.74, 6) is -4.35. The second-order valence-electron chi connectivity index (χ2n) is 10.7. The van der Waals surface area contributed by atoms with Crippen LogP contribution in [0.15, 0.2) is 93.6 Å². The number of carboxylic acids is 1. The molecule has 20 heteroatoms. The van der Waals surface area contributed by atoms with E-state index >= 15 is 0 Å². The number of benzene rings is 2. The quantitative estimate of drug-likeness (QED) is 0.122. The van der Waals surface area contributed by atoms with Gasteiger partial charge in [0.05, 0.1) is 46.7 Å². The van der Waals surface area contributed by atoms with Gasteiger partial charge in [-0.15, -0.1) is 0 Å². The van der Waals surface area contributed by atoms with Crippen LogP contribution in [0.4, 0.5) is 11.4 Å². The van der Waals surface area contributed by atoms with E-state index in [4.69, 9.17) is 25.3 Å². The third-order valence-corrected chi connectivity index (χ3v) is 7.81. The maximum absolute atomic E-state index is 12.2. The molecule has 0 unspecified atom stereocenters. The number of dihydropyridines is 2. The van der Waals surface area contributed by atoms with Crippen molar-refractivity contribution in [1.82, 2.24) is 10.6 Å². The number of non-ortho nitro benzene ring substituents is 2. The Balaban J connectivity index is 0.000000327. The number of hydrogen-bond acceptors (Lipinski definition) is 13. The molecule has 0 spiro atoms. The van der Waals surface area contributed by atoms with Gasteiger partial charge in [-0.25, -0.2) is 18.6 Å². The number of carboxylic acid groups (broad SMARTS) is 1. The SMILES string of the molecule is COC(=O)C1=C(C)NC(C)=C(C(=O)Cl)[C@@H]1c1cccc([N+](=O)[O-])c1.COC(=O)C1=C(C)NC(C)=C(C(=O)O)[C@@H]1c1cccc([N+](=O)[O-])c1.O=S(Cl)Cl. The van der Waals surface area contributed by atoms with Gasteiger partial charge >= 0.3 is 17.9 Å². The summed E-state index contributed by atoms with van der Waals surface area (Å²) in [6.07, 6.45) is 0. The molecule has 16 nitrogen and oxygen atoms in total. The molecule has 0 bridgehead atoms. The Hall–Kier alpha value is -5.10. The Morgan fingerprint density at radius 1 is 0.712 bits per heavy atom. The number of carbonyl (C=O) groups is 4. The number of aliphatic carboxylic acids is 1. The fourth-order valence-electron chi connectivity index (χ4n) is 5.60. The molecule has 3 N–H and O–H groups in total. The summed E-state index contributed by atoms with van der Waals surface area (Å²) in [6.45, 7) is 6.51. The second-order valence-corrected chi connectivity index (χ2v) is 13.6. The summed E-state index contributed by atoms with van der Waals surface area (Å²) in [6, 6.07) is 11.3. The fraction of sp³-hybridized carbons (Fsp3) is 0.250. The van der Waals surface area contributed by atoms with Crippen LogP contribution < -0.4 is 10.6 Å². The molecule has 4 rings (SSSR count). The summed E-state index contributed by atoms with van der Waals surface area (Å²) >= 11 is 5.71. The Morgan fingerprint density at radius 3 is 1.35 bits per heavy atom. The number of allylic oxidation sites excluding steroid dienone is 5. The van der Waals surface area contributed by atoms with Crippen LogP contribution >= 0.6 is 33.0 Å². The maximum atomic E-state index is 12.2. The molecule has 0 aromatic heterocycles. The van der Waals surface area contributed by atoms with E-state index in [1.165, 1.54) is 50.6 Å². The first-order valence-electron chi connectivity index (χ1n) is 14.5. The van der Waals surface area contributed by atoms with Crippen LogP contribution in [0, 0.1) is 20.2 Å². The Bertz CT molecular complexity index is 1840. The number of methoxy groups -OCH3 is 2. The predicted molar refractivity (Wildman–Crippen MR) is 191 cm³/mol. The van der Waals surface area contributed by atoms with Crippen molar-refractivity contribution in [2.45, 2.75) is 39.5 Å². The minimum Gasteiger partial charge on any atom is -0.478 e. The first-order valence-corrected chi connectivity index (χ1v) is 17.7. The molecule has 2 heterocycles. The molecule has 278 valence electrons. The van der Waals surface area contributed by atoms with Crippen molar-refractivity contribution in [3.8, 4) is 0 Å². The maximum Gasteiger partial charge on any atom is 0.336 e. The van der Waals surface area contributed by atoms with Crippen LogP contribution in [0.25, 0.3) is 0 Å². The molecule has 0 fully saturated rings. The van der Waals surface area contributed by atoms with Crippen LogP contribution in [0.1, 0.15) is 50.7 Å². The molecule has 0 radical (unpaired) electrons. The lowest BCUT2D eigenvalue weighted by Gasteiger charge is -2.29. The molecule has 52 heavy (non-hydrogen) atoms. The van der Waals surface area contributed by atoms with Crippen molar-refractivity contribution in [2.75, 3.05) is 14.2 Å². The minimum atomic E-state index is -1.67. The van der Waals surface area contributed by atoms with Crippen molar-refractivity contribution in [3.63, 3.8) is 0 Å². The number of carbonyl (C=O) groups excluding carboxylic acids is 3. The number of nitro benzene ring substituents is 2. The average molecular weight is 802 g/mol. The third-order valence-electron chi connectivity index (χ3n) is 7.60. The fourth-order valence-corrected chi connectivity index (χ4v) is 5.85. The van der Waals surface area contributed by atoms with E-state index in [1.807, 2.05) is 0 Å². The lowest BCUT2D eigenvalue weighted by molar-refractivity contribution is -0.385. The van der Waals surface area contributed by atoms with Crippen LogP contribution in [0.5, 0.6) is 0 Å². The molecule has 0 aliphatic carbocycles. The van der Waals surface area contributed by atoms with Crippen molar-refractivity contribution in [2.24, 2.45) is 0 Å². The Morgan fingerprint density at radius 2 is 1.04 bits per heavy atom. The predicted octanol–water partition coefficient (Wildman–Crippen LogP) is 5.90. The van der Waals surface area contributed by atoms with E-state index in [2.05, 4.69) is 32.0 Å². The highest BCUT2D eigenvalue weighted by molar-refractivity contribution is 8.26. The highest BCUT2D eigenvalue weighted by Gasteiger charge is 2.38. The number of nitrogens with one attached hydrogen (secondary N) is 2. The monoisotopic (exact) mass is 800 g/mol. The largest absolute Gasteiger partial charge is 0.478 e. The molecule has 0 saturated carbocycles. The van der Waals surface area contributed by atoms with Gasteiger partial charge in [0, 0.05) is 79.9 Å². The number of rotatable bonds is 8. The molecule has 0 amide bonds. The highest BCUT2D eigenvalue weighted by Crippen LogP contribution is 2.41. The first-order chi connectivity index (χ1) is 24.3. The molecule has 2 aromatic carbocycles.